The Balaban J connectivity index is 2.00. The van der Waals surface area contributed by atoms with E-state index in [0.717, 1.165) is 4.47 Å². The maximum atomic E-state index is 12.6. The van der Waals surface area contributed by atoms with Crippen molar-refractivity contribution in [3.63, 3.8) is 0 Å². The second kappa shape index (κ2) is 6.15. The van der Waals surface area contributed by atoms with Gasteiger partial charge in [0.2, 0.25) is 5.88 Å². The van der Waals surface area contributed by atoms with Gasteiger partial charge >= 0.3 is 0 Å². The summed E-state index contributed by atoms with van der Waals surface area (Å²) in [7, 11) is 0. The molecule has 0 atom stereocenters. The van der Waals surface area contributed by atoms with Gasteiger partial charge < -0.3 is 9.73 Å². The number of rotatable bonds is 3. The second-order valence-electron chi connectivity index (χ2n) is 4.88. The van der Waals surface area contributed by atoms with Crippen molar-refractivity contribution in [2.24, 2.45) is 0 Å². The Kier molecular flexibility index (Phi) is 4.04. The van der Waals surface area contributed by atoms with Gasteiger partial charge in [-0.15, -0.1) is 0 Å². The van der Waals surface area contributed by atoms with Crippen LogP contribution in [0, 0.1) is 18.3 Å². The quantitative estimate of drug-likeness (QED) is 0.749. The lowest BCUT2D eigenvalue weighted by Gasteiger charge is -2.05. The van der Waals surface area contributed by atoms with E-state index in [1.807, 2.05) is 24.3 Å². The first-order valence-corrected chi connectivity index (χ1v) is 7.63. The summed E-state index contributed by atoms with van der Waals surface area (Å²) in [6.45, 7) is 1.67. The SMILES string of the molecule is Cc1oc(-n2cccc2)c(C#N)c1C(=O)Nc1cccc(Br)c1. The van der Waals surface area contributed by atoms with E-state index in [2.05, 4.69) is 27.3 Å². The van der Waals surface area contributed by atoms with E-state index >= 15 is 0 Å². The molecule has 0 saturated carbocycles. The van der Waals surface area contributed by atoms with Gasteiger partial charge in [-0.25, -0.2) is 0 Å². The minimum atomic E-state index is -0.376. The van der Waals surface area contributed by atoms with Crippen molar-refractivity contribution in [3.8, 4) is 12.0 Å². The highest BCUT2D eigenvalue weighted by Gasteiger charge is 2.24. The fourth-order valence-corrected chi connectivity index (χ4v) is 2.72. The molecule has 1 amide bonds. The standard InChI is InChI=1S/C17H12BrN3O2/c1-11-15(16(22)20-13-6-4-5-12(18)9-13)14(10-19)17(23-11)21-7-2-3-8-21/h2-9H,1H3,(H,20,22). The predicted molar refractivity (Wildman–Crippen MR) is 89.6 cm³/mol. The van der Waals surface area contributed by atoms with Crippen LogP contribution in [0.1, 0.15) is 21.7 Å². The number of hydrogen-bond donors (Lipinski definition) is 1. The third-order valence-corrected chi connectivity index (χ3v) is 3.82. The van der Waals surface area contributed by atoms with E-state index in [1.54, 1.807) is 36.0 Å². The number of aromatic nitrogens is 1. The Morgan fingerprint density at radius 3 is 2.70 bits per heavy atom. The van der Waals surface area contributed by atoms with E-state index in [1.165, 1.54) is 0 Å². The summed E-state index contributed by atoms with van der Waals surface area (Å²) in [4.78, 5) is 12.6. The summed E-state index contributed by atoms with van der Waals surface area (Å²) >= 11 is 3.36. The minimum absolute atomic E-state index is 0.214. The van der Waals surface area contributed by atoms with Gasteiger partial charge in [-0.2, -0.15) is 5.26 Å². The van der Waals surface area contributed by atoms with Crippen LogP contribution in [0.3, 0.4) is 0 Å². The highest BCUT2D eigenvalue weighted by molar-refractivity contribution is 9.10. The second-order valence-corrected chi connectivity index (χ2v) is 5.80. The molecule has 1 aromatic carbocycles. The largest absolute Gasteiger partial charge is 0.443 e. The van der Waals surface area contributed by atoms with Crippen LogP contribution in [0.2, 0.25) is 0 Å². The van der Waals surface area contributed by atoms with E-state index in [-0.39, 0.29) is 17.0 Å². The van der Waals surface area contributed by atoms with Gasteiger partial charge in [0, 0.05) is 22.6 Å². The lowest BCUT2D eigenvalue weighted by atomic mass is 10.1. The monoisotopic (exact) mass is 369 g/mol. The molecule has 0 aliphatic carbocycles. The number of carbonyl (C=O) groups excluding carboxylic acids is 1. The molecule has 114 valence electrons. The van der Waals surface area contributed by atoms with Gasteiger partial charge in [-0.3, -0.25) is 9.36 Å². The average molecular weight is 370 g/mol. The van der Waals surface area contributed by atoms with Crippen LogP contribution in [0.15, 0.2) is 57.7 Å². The Morgan fingerprint density at radius 1 is 1.30 bits per heavy atom. The molecule has 0 fully saturated rings. The predicted octanol–water partition coefficient (Wildman–Crippen LogP) is 4.27. The van der Waals surface area contributed by atoms with Crippen LogP contribution >= 0.6 is 15.9 Å². The lowest BCUT2D eigenvalue weighted by Crippen LogP contribution is -2.13. The van der Waals surface area contributed by atoms with Crippen molar-refractivity contribution in [3.05, 3.63) is 70.2 Å². The molecule has 0 spiro atoms. The molecular weight excluding hydrogens is 358 g/mol. The van der Waals surface area contributed by atoms with Crippen molar-refractivity contribution in [1.29, 1.82) is 5.26 Å². The number of hydrogen-bond acceptors (Lipinski definition) is 3. The van der Waals surface area contributed by atoms with E-state index in [4.69, 9.17) is 4.42 Å². The van der Waals surface area contributed by atoms with Crippen molar-refractivity contribution in [2.45, 2.75) is 6.92 Å². The van der Waals surface area contributed by atoms with Crippen molar-refractivity contribution >= 4 is 27.5 Å². The van der Waals surface area contributed by atoms with Crippen LogP contribution in [-0.2, 0) is 0 Å². The first-order chi connectivity index (χ1) is 11.1. The maximum absolute atomic E-state index is 12.6. The molecule has 2 aromatic heterocycles. The zero-order valence-corrected chi connectivity index (χ0v) is 13.8. The number of halogens is 1. The number of furan rings is 1. The van der Waals surface area contributed by atoms with Crippen molar-refractivity contribution in [2.75, 3.05) is 5.32 Å². The highest BCUT2D eigenvalue weighted by Crippen LogP contribution is 2.26. The van der Waals surface area contributed by atoms with Crippen LogP contribution in [0.5, 0.6) is 0 Å². The smallest absolute Gasteiger partial charge is 0.260 e. The highest BCUT2D eigenvalue weighted by atomic mass is 79.9. The lowest BCUT2D eigenvalue weighted by molar-refractivity contribution is 0.102. The zero-order chi connectivity index (χ0) is 16.4. The normalized spacial score (nSPS) is 10.3. The Labute approximate surface area is 141 Å². The molecule has 0 aliphatic heterocycles. The van der Waals surface area contributed by atoms with Crippen LogP contribution in [-0.4, -0.2) is 10.5 Å². The van der Waals surface area contributed by atoms with Gasteiger partial charge in [0.15, 0.2) is 0 Å². The number of amides is 1. The number of nitriles is 1. The molecule has 0 bridgehead atoms. The van der Waals surface area contributed by atoms with E-state index in [0.29, 0.717) is 17.3 Å². The minimum Gasteiger partial charge on any atom is -0.443 e. The molecule has 0 unspecified atom stereocenters. The van der Waals surface area contributed by atoms with E-state index < -0.39 is 0 Å². The number of anilines is 1. The molecule has 6 heteroatoms. The molecule has 5 nitrogen and oxygen atoms in total. The van der Waals surface area contributed by atoms with Crippen LogP contribution < -0.4 is 5.32 Å². The number of carbonyl (C=O) groups is 1. The van der Waals surface area contributed by atoms with Gasteiger partial charge in [0.05, 0.1) is 0 Å². The van der Waals surface area contributed by atoms with Crippen molar-refractivity contribution < 1.29 is 9.21 Å². The average Bonchev–Trinajstić information content (AvgIpc) is 3.13. The third-order valence-electron chi connectivity index (χ3n) is 3.33. The Bertz CT molecular complexity index is 905. The molecule has 1 N–H and O–H groups in total. The molecule has 0 saturated heterocycles. The fourth-order valence-electron chi connectivity index (χ4n) is 2.32. The Morgan fingerprint density at radius 2 is 2.04 bits per heavy atom. The fraction of sp³-hybridized carbons (Fsp3) is 0.0588. The topological polar surface area (TPSA) is 71.0 Å². The van der Waals surface area contributed by atoms with E-state index in [9.17, 15) is 10.1 Å². The molecule has 0 aliphatic rings. The third kappa shape index (κ3) is 2.91. The first kappa shape index (κ1) is 15.1. The molecule has 23 heavy (non-hydrogen) atoms. The number of nitrogens with one attached hydrogen (secondary N) is 1. The van der Waals surface area contributed by atoms with Gasteiger partial charge in [-0.1, -0.05) is 22.0 Å². The Hall–Kier alpha value is -2.78. The first-order valence-electron chi connectivity index (χ1n) is 6.84. The summed E-state index contributed by atoms with van der Waals surface area (Å²) < 4.78 is 8.16. The van der Waals surface area contributed by atoms with Crippen LogP contribution in [0.25, 0.3) is 5.88 Å². The number of benzene rings is 1. The van der Waals surface area contributed by atoms with Crippen LogP contribution in [0.4, 0.5) is 5.69 Å². The van der Waals surface area contributed by atoms with Crippen molar-refractivity contribution in [1.82, 2.24) is 4.57 Å². The molecule has 3 aromatic rings. The maximum Gasteiger partial charge on any atom is 0.260 e. The number of nitrogens with zero attached hydrogens (tertiary/aromatic N) is 2. The molecular formula is C17H12BrN3O2. The molecule has 0 radical (unpaired) electrons. The number of aryl methyl sites for hydroxylation is 1. The summed E-state index contributed by atoms with van der Waals surface area (Å²) in [6.07, 6.45) is 3.52. The van der Waals surface area contributed by atoms with Gasteiger partial charge in [0.1, 0.15) is 23.0 Å². The summed E-state index contributed by atoms with van der Waals surface area (Å²) in [5.41, 5.74) is 1.10. The molecule has 3 rings (SSSR count). The molecule has 2 heterocycles. The zero-order valence-electron chi connectivity index (χ0n) is 12.2. The van der Waals surface area contributed by atoms with Gasteiger partial charge in [0.25, 0.3) is 5.91 Å². The summed E-state index contributed by atoms with van der Waals surface area (Å²) in [5, 5.41) is 12.2. The summed E-state index contributed by atoms with van der Waals surface area (Å²) in [5.74, 6) is 0.367. The van der Waals surface area contributed by atoms with Gasteiger partial charge in [-0.05, 0) is 37.3 Å². The summed E-state index contributed by atoms with van der Waals surface area (Å²) in [6, 6.07) is 12.9.